The summed E-state index contributed by atoms with van der Waals surface area (Å²) in [6.45, 7) is 11.0. The van der Waals surface area contributed by atoms with E-state index >= 15 is 0 Å². The molecule has 4 unspecified atom stereocenters. The molecule has 12 atom stereocenters. The average Bonchev–Trinajstić information content (AvgIpc) is 1.43. The average molecular weight is 1430 g/mol. The Kier molecular flexibility index (Phi) is 39.0. The Balaban J connectivity index is 0.00000122. The van der Waals surface area contributed by atoms with Gasteiger partial charge in [0, 0.05) is 0 Å². The molecule has 6 heterocycles. The Hall–Kier alpha value is -3.47. The number of anilines is 2. The van der Waals surface area contributed by atoms with Gasteiger partial charge in [0.15, 0.2) is 24.0 Å². The van der Waals surface area contributed by atoms with E-state index in [0.29, 0.717) is 18.4 Å². The molecule has 34 nitrogen and oxygen atoms in total. The van der Waals surface area contributed by atoms with Crippen LogP contribution in [-0.4, -0.2) is 138 Å². The van der Waals surface area contributed by atoms with E-state index < -0.39 is 99.4 Å². The van der Waals surface area contributed by atoms with E-state index in [-0.39, 0.29) is 49.1 Å². The van der Waals surface area contributed by atoms with Crippen molar-refractivity contribution in [3.8, 4) is 12.1 Å². The summed E-state index contributed by atoms with van der Waals surface area (Å²) >= 11 is 0. The summed E-state index contributed by atoms with van der Waals surface area (Å²) in [4.78, 5) is 54.8. The minimum atomic E-state index is -5.83. The topological polar surface area (TPSA) is 531 Å². The second-order valence-electron chi connectivity index (χ2n) is 20.0. The van der Waals surface area contributed by atoms with Crippen molar-refractivity contribution in [1.29, 1.82) is 11.8 Å². The maximum atomic E-state index is 14.9. The molecular formula is C49H92F2N12O22P6. The smallest absolute Gasteiger partial charge is 0.392 e. The summed E-state index contributed by atoms with van der Waals surface area (Å²) in [5.41, 5.74) is 7.72. The Morgan fingerprint density at radius 1 is 0.714 bits per heavy atom. The molecule has 0 radical (unpaired) electrons. The molecule has 4 aromatic heterocycles. The van der Waals surface area contributed by atoms with Crippen molar-refractivity contribution >= 4 is 70.7 Å². The van der Waals surface area contributed by atoms with E-state index in [4.69, 9.17) is 52.7 Å². The minimum Gasteiger partial charge on any atom is -0.392 e. The number of nitrogens with two attached hydrogens (primary N) is 2. The predicted octanol–water partition coefficient (Wildman–Crippen LogP) is 8.36. The molecule has 0 saturated carbocycles. The van der Waals surface area contributed by atoms with Crippen LogP contribution in [0.3, 0.4) is 0 Å². The van der Waals surface area contributed by atoms with Crippen molar-refractivity contribution in [3.63, 3.8) is 0 Å². The first kappa shape index (κ1) is 85.5. The Bertz CT molecular complexity index is 3000. The van der Waals surface area contributed by atoms with Crippen LogP contribution in [0.5, 0.6) is 0 Å². The van der Waals surface area contributed by atoms with Crippen molar-refractivity contribution < 1.29 is 114 Å². The number of nitriles is 2. The summed E-state index contributed by atoms with van der Waals surface area (Å²) in [6.07, 6.45) is 11.0. The van der Waals surface area contributed by atoms with Gasteiger partial charge in [0.2, 0.25) is 11.2 Å². The molecule has 2 aliphatic heterocycles. The number of ether oxygens (including phenoxy) is 2. The van der Waals surface area contributed by atoms with E-state index in [0.717, 1.165) is 23.7 Å². The Morgan fingerprint density at radius 2 is 1.10 bits per heavy atom. The van der Waals surface area contributed by atoms with Gasteiger partial charge in [0.1, 0.15) is 66.8 Å². The first-order valence-corrected chi connectivity index (χ1v) is 36.8. The van der Waals surface area contributed by atoms with Crippen LogP contribution in [0.1, 0.15) is 175 Å². The number of nitrogens with one attached hydrogen (secondary N) is 2. The minimum absolute atomic E-state index is 0. The molecule has 0 spiro atoms. The van der Waals surface area contributed by atoms with E-state index in [2.05, 4.69) is 85.6 Å². The number of phosphoric ester groups is 1. The second-order valence-corrected chi connectivity index (χ2v) is 30.8. The number of hydrogen-bond acceptors (Lipinski definition) is 28. The Labute approximate surface area is 532 Å². The van der Waals surface area contributed by atoms with Crippen LogP contribution < -0.4 is 26.5 Å². The van der Waals surface area contributed by atoms with Gasteiger partial charge in [0.05, 0.1) is 19.3 Å². The van der Waals surface area contributed by atoms with Gasteiger partial charge in [-0.15, -0.1) is 0 Å². The van der Waals surface area contributed by atoms with E-state index in [1.165, 1.54) is 112 Å². The maximum absolute atomic E-state index is 14.9. The first-order valence-electron chi connectivity index (χ1n) is 28.9. The van der Waals surface area contributed by atoms with Gasteiger partial charge in [-0.05, 0) is 24.3 Å². The third kappa shape index (κ3) is 24.9. The third-order valence-corrected chi connectivity index (χ3v) is 22.9. The molecule has 2 fully saturated rings. The van der Waals surface area contributed by atoms with Gasteiger partial charge in [-0.2, -0.15) is 39.2 Å². The molecule has 0 amide bonds. The van der Waals surface area contributed by atoms with Crippen LogP contribution in [-0.2, 0) is 55.3 Å². The number of alkyl halides is 2. The monoisotopic (exact) mass is 1430 g/mol. The van der Waals surface area contributed by atoms with Crippen molar-refractivity contribution in [1.82, 2.24) is 39.4 Å². The number of aliphatic hydroxyl groups excluding tert-OH is 3. The van der Waals surface area contributed by atoms with Crippen LogP contribution in [0.15, 0.2) is 36.9 Å². The number of aliphatic hydroxyl groups is 3. The standard InChI is InChI=1S/C12H15FN5O12P3.C12H12FN5O3.C8H22N2O7P2.2C8H18.CH4.H3P/c13-8-9(6-1-2-7-11(15)16-5-17-18(6)7)28-12(3-14,10(8)19)4-27-32(23,24)30-33(25,26)29-31(20,21)22;13-8-9(21-12(3-14,4-19)10(8)20)6-1-2-7-11(15)16-5-17-18(6)7;1-3-5-7-9-19(16-12,17-15-11,18(13)14)10-8-6-4-2;2*1-3-5-7-8-6-4-2;;/h1-2,5,8-10,19H,4H2,(H,23,24)(H,25,26)(H2,15,16,17)(H2,20,21,22);1-2,5,8-10,19-20H,4H2,(H2,15,16,17);9-12H,3-8H2,1-2H3;2*3-8H2,1-2H3;1H4;1H3/t2*8-,9-,10-,12+;;;;;/m00...../s1/i;;;;;;1T. The molecule has 524 valence electrons. The van der Waals surface area contributed by atoms with Crippen LogP contribution >= 0.6 is 48.1 Å². The fourth-order valence-electron chi connectivity index (χ4n) is 8.40. The zero-order chi connectivity index (χ0) is 69.3. The van der Waals surface area contributed by atoms with Crippen LogP contribution in [0.25, 0.3) is 11.0 Å². The normalized spacial score (nSPS) is 23.1. The fraction of sp³-hybridized carbons (Fsp3) is 0.714. The quantitative estimate of drug-likeness (QED) is 0.00944. The number of hydrogen-bond donors (Lipinski definition) is 13. The molecule has 2 saturated heterocycles. The molecule has 6 rings (SSSR count). The number of halogens is 2. The van der Waals surface area contributed by atoms with E-state index in [1.54, 1.807) is 22.0 Å². The summed E-state index contributed by atoms with van der Waals surface area (Å²) in [6, 6.07) is 8.87. The number of phosphoric acid groups is 3. The summed E-state index contributed by atoms with van der Waals surface area (Å²) < 4.78 is 113. The van der Waals surface area contributed by atoms with Gasteiger partial charge in [-0.3, -0.25) is 4.52 Å². The number of rotatable bonds is 32. The molecular weight excluding hydrogens is 1330 g/mol. The molecule has 91 heavy (non-hydrogen) atoms. The van der Waals surface area contributed by atoms with Gasteiger partial charge in [-0.1, -0.05) is 112 Å². The molecule has 0 aliphatic carbocycles. The van der Waals surface area contributed by atoms with Gasteiger partial charge >= 0.3 is 135 Å². The molecule has 0 bridgehead atoms. The van der Waals surface area contributed by atoms with Gasteiger partial charge in [0.25, 0.3) is 0 Å². The Morgan fingerprint density at radius 3 is 1.42 bits per heavy atom. The number of nitrogen functional groups attached to an aromatic ring is 2. The molecule has 15 N–H and O–H groups in total. The predicted molar refractivity (Wildman–Crippen MR) is 333 cm³/mol. The number of unbranched alkanes of at least 4 members (excludes halogenated alkanes) is 12. The number of fused-ring (bicyclic) bond motifs is 2. The van der Waals surface area contributed by atoms with Crippen molar-refractivity contribution in [3.05, 3.63) is 48.3 Å². The van der Waals surface area contributed by atoms with E-state index in [9.17, 15) is 57.4 Å². The largest absolute Gasteiger partial charge is 0.490 e. The van der Waals surface area contributed by atoms with Crippen LogP contribution in [0.4, 0.5) is 20.4 Å². The SMILES string of the molecule is C.CCCCCCCC.CCCCCCCC.CCCCNP(NCCCC)(OO)(OOO)[P+](=O)[O-].N#C[C@]1(CO)O[C@@H](c2ccc3c(N)ncnn23)[C@H](F)[C@@H]1O.N#C[C@]1(COP(=O)(O)OP(=O)(O)OP(=O)(O)O)O[C@@H](c2ccc3c(N)ncnn23)[C@H](F)[C@@H]1O.[3H]P. The zero-order valence-corrected chi connectivity index (χ0v) is 56.3. The van der Waals surface area contributed by atoms with Crippen molar-refractivity contribution in [2.75, 3.05) is 37.8 Å². The molecule has 42 heteroatoms. The first-order chi connectivity index (χ1) is 43.0. The summed E-state index contributed by atoms with van der Waals surface area (Å²) in [5, 5.41) is 81.7. The molecule has 4 aromatic rings. The third-order valence-electron chi connectivity index (χ3n) is 13.3. The number of aromatic nitrogens is 6. The fourth-order valence-corrected chi connectivity index (χ4v) is 15.1. The summed E-state index contributed by atoms with van der Waals surface area (Å²) in [5.74, 6) is 0.239. The van der Waals surface area contributed by atoms with Crippen molar-refractivity contribution in [2.45, 2.75) is 200 Å². The van der Waals surface area contributed by atoms with Crippen molar-refractivity contribution in [2.24, 2.45) is 0 Å². The number of nitrogens with zero attached hydrogens (tertiary/aromatic N) is 8. The van der Waals surface area contributed by atoms with Crippen LogP contribution in [0, 0.1) is 22.7 Å². The van der Waals surface area contributed by atoms with E-state index in [1.807, 2.05) is 13.8 Å². The summed E-state index contributed by atoms with van der Waals surface area (Å²) in [7, 11) is -23.8. The van der Waals surface area contributed by atoms with Crippen LogP contribution in [0.2, 0.25) is 0 Å². The molecule has 2 aliphatic rings. The van der Waals surface area contributed by atoms with Gasteiger partial charge in [-0.25, -0.2) is 41.5 Å². The van der Waals surface area contributed by atoms with Gasteiger partial charge < -0.3 is 55.8 Å². The zero-order valence-electron chi connectivity index (χ0n) is 51.7. The second kappa shape index (κ2) is 41.5. The molecule has 0 aromatic carbocycles. The maximum Gasteiger partial charge on any atom is 0.490 e.